The topological polar surface area (TPSA) is 70.1 Å². The molecule has 6 heteroatoms. The number of nitrogens with zero attached hydrogens (tertiary/aromatic N) is 2. The molecule has 0 aromatic rings. The van der Waals surface area contributed by atoms with Crippen molar-refractivity contribution in [1.82, 2.24) is 9.80 Å². The molecule has 2 amide bonds. The molecule has 0 saturated carbocycles. The SMILES string of the molecule is CCC(C)N(CCOC)C(=O)N(CC)C(C)CC(=O)O. The van der Waals surface area contributed by atoms with Gasteiger partial charge in [0, 0.05) is 32.3 Å². The lowest BCUT2D eigenvalue weighted by Gasteiger charge is -2.36. The fraction of sp³-hybridized carbons (Fsp3) is 0.857. The van der Waals surface area contributed by atoms with E-state index < -0.39 is 5.97 Å². The Morgan fingerprint density at radius 2 is 1.75 bits per heavy atom. The fourth-order valence-corrected chi connectivity index (χ4v) is 2.08. The van der Waals surface area contributed by atoms with Gasteiger partial charge in [0.2, 0.25) is 0 Å². The van der Waals surface area contributed by atoms with E-state index >= 15 is 0 Å². The Bertz CT molecular complexity index is 310. The van der Waals surface area contributed by atoms with Crippen molar-refractivity contribution in [2.24, 2.45) is 0 Å². The van der Waals surface area contributed by atoms with Crippen LogP contribution in [0.25, 0.3) is 0 Å². The average Bonchev–Trinajstić information content (AvgIpc) is 2.38. The normalized spacial score (nSPS) is 13.7. The maximum Gasteiger partial charge on any atom is 0.320 e. The Balaban J connectivity index is 4.92. The first-order valence-corrected chi connectivity index (χ1v) is 7.16. The standard InChI is InChI=1S/C14H28N2O4/c1-6-11(3)16(8-9-20-5)14(19)15(7-2)12(4)10-13(17)18/h11-12H,6-10H2,1-5H3,(H,17,18). The van der Waals surface area contributed by atoms with Crippen LogP contribution in [0.4, 0.5) is 4.79 Å². The Kier molecular flexibility index (Phi) is 8.96. The summed E-state index contributed by atoms with van der Waals surface area (Å²) in [5.74, 6) is -0.893. The maximum atomic E-state index is 12.6. The summed E-state index contributed by atoms with van der Waals surface area (Å²) < 4.78 is 5.05. The molecule has 0 radical (unpaired) electrons. The lowest BCUT2D eigenvalue weighted by Crippen LogP contribution is -2.51. The molecule has 1 N–H and O–H groups in total. The van der Waals surface area contributed by atoms with Crippen LogP contribution in [0.5, 0.6) is 0 Å². The molecule has 0 saturated heterocycles. The lowest BCUT2D eigenvalue weighted by molar-refractivity contribution is -0.138. The second-order valence-electron chi connectivity index (χ2n) is 4.96. The summed E-state index contributed by atoms with van der Waals surface area (Å²) in [4.78, 5) is 26.8. The van der Waals surface area contributed by atoms with E-state index in [0.717, 1.165) is 6.42 Å². The van der Waals surface area contributed by atoms with Crippen molar-refractivity contribution in [3.8, 4) is 0 Å². The van der Waals surface area contributed by atoms with Gasteiger partial charge in [-0.15, -0.1) is 0 Å². The van der Waals surface area contributed by atoms with Gasteiger partial charge in [-0.05, 0) is 27.2 Å². The smallest absolute Gasteiger partial charge is 0.320 e. The van der Waals surface area contributed by atoms with Gasteiger partial charge in [-0.25, -0.2) is 4.79 Å². The fourth-order valence-electron chi connectivity index (χ4n) is 2.08. The second-order valence-corrected chi connectivity index (χ2v) is 4.96. The molecule has 0 aliphatic carbocycles. The van der Waals surface area contributed by atoms with Gasteiger partial charge in [-0.2, -0.15) is 0 Å². The van der Waals surface area contributed by atoms with Crippen LogP contribution in [-0.4, -0.2) is 65.8 Å². The van der Waals surface area contributed by atoms with Crippen molar-refractivity contribution < 1.29 is 19.4 Å². The number of methoxy groups -OCH3 is 1. The highest BCUT2D eigenvalue weighted by molar-refractivity contribution is 5.76. The number of carbonyl (C=O) groups excluding carboxylic acids is 1. The average molecular weight is 288 g/mol. The quantitative estimate of drug-likeness (QED) is 0.705. The van der Waals surface area contributed by atoms with Gasteiger partial charge in [0.25, 0.3) is 0 Å². The van der Waals surface area contributed by atoms with Crippen LogP contribution in [0.2, 0.25) is 0 Å². The number of carboxylic acid groups (broad SMARTS) is 1. The van der Waals surface area contributed by atoms with Gasteiger partial charge in [0.05, 0.1) is 13.0 Å². The maximum absolute atomic E-state index is 12.6. The zero-order valence-corrected chi connectivity index (χ0v) is 13.3. The van der Waals surface area contributed by atoms with Crippen molar-refractivity contribution in [3.63, 3.8) is 0 Å². The Labute approximate surface area is 121 Å². The van der Waals surface area contributed by atoms with Crippen LogP contribution < -0.4 is 0 Å². The molecule has 0 aromatic heterocycles. The molecule has 0 heterocycles. The monoisotopic (exact) mass is 288 g/mol. The van der Waals surface area contributed by atoms with Gasteiger partial charge in [-0.1, -0.05) is 6.92 Å². The number of carbonyl (C=O) groups is 2. The Morgan fingerprint density at radius 3 is 2.15 bits per heavy atom. The molecule has 0 spiro atoms. The van der Waals surface area contributed by atoms with E-state index in [1.54, 1.807) is 23.8 Å². The zero-order valence-electron chi connectivity index (χ0n) is 13.3. The van der Waals surface area contributed by atoms with E-state index in [1.807, 2.05) is 20.8 Å². The van der Waals surface area contributed by atoms with Crippen LogP contribution >= 0.6 is 0 Å². The summed E-state index contributed by atoms with van der Waals surface area (Å²) in [5.41, 5.74) is 0. The van der Waals surface area contributed by atoms with Crippen molar-refractivity contribution in [2.75, 3.05) is 26.8 Å². The number of urea groups is 1. The molecule has 0 fully saturated rings. The van der Waals surface area contributed by atoms with E-state index in [9.17, 15) is 9.59 Å². The molecule has 0 aromatic carbocycles. The molecule has 0 aliphatic rings. The van der Waals surface area contributed by atoms with Crippen molar-refractivity contribution in [3.05, 3.63) is 0 Å². The second kappa shape index (κ2) is 9.58. The van der Waals surface area contributed by atoms with E-state index in [1.165, 1.54) is 0 Å². The van der Waals surface area contributed by atoms with Gasteiger partial charge >= 0.3 is 12.0 Å². The molecule has 0 rings (SSSR count). The summed E-state index contributed by atoms with van der Waals surface area (Å²) in [6, 6.07) is -0.338. The third kappa shape index (κ3) is 5.77. The summed E-state index contributed by atoms with van der Waals surface area (Å²) in [6.45, 7) is 9.12. The van der Waals surface area contributed by atoms with Crippen molar-refractivity contribution in [1.29, 1.82) is 0 Å². The van der Waals surface area contributed by atoms with E-state index in [4.69, 9.17) is 9.84 Å². The van der Waals surface area contributed by atoms with Gasteiger partial charge < -0.3 is 19.6 Å². The highest BCUT2D eigenvalue weighted by atomic mass is 16.5. The summed E-state index contributed by atoms with van der Waals surface area (Å²) in [5, 5.41) is 8.87. The number of carboxylic acids is 1. The van der Waals surface area contributed by atoms with E-state index in [-0.39, 0.29) is 24.5 Å². The minimum Gasteiger partial charge on any atom is -0.481 e. The van der Waals surface area contributed by atoms with E-state index in [2.05, 4.69) is 0 Å². The predicted octanol–water partition coefficient (Wildman–Crippen LogP) is 2.04. The number of ether oxygens (including phenoxy) is 1. The highest BCUT2D eigenvalue weighted by Crippen LogP contribution is 2.12. The first kappa shape index (κ1) is 18.7. The third-order valence-electron chi connectivity index (χ3n) is 3.49. The van der Waals surface area contributed by atoms with Crippen LogP contribution in [0, 0.1) is 0 Å². The number of hydrogen-bond donors (Lipinski definition) is 1. The summed E-state index contributed by atoms with van der Waals surface area (Å²) >= 11 is 0. The molecule has 0 aliphatic heterocycles. The summed E-state index contributed by atoms with van der Waals surface area (Å²) in [6.07, 6.45) is 0.804. The van der Waals surface area contributed by atoms with Crippen LogP contribution in [0.1, 0.15) is 40.5 Å². The Hall–Kier alpha value is -1.30. The van der Waals surface area contributed by atoms with Crippen molar-refractivity contribution in [2.45, 2.75) is 52.6 Å². The summed E-state index contributed by atoms with van der Waals surface area (Å²) in [7, 11) is 1.60. The molecule has 0 bridgehead atoms. The van der Waals surface area contributed by atoms with Gasteiger partial charge in [-0.3, -0.25) is 4.79 Å². The number of rotatable bonds is 9. The first-order chi connectivity index (χ1) is 9.38. The molecular weight excluding hydrogens is 260 g/mol. The van der Waals surface area contributed by atoms with Crippen LogP contribution in [0.3, 0.4) is 0 Å². The molecule has 2 unspecified atom stereocenters. The number of aliphatic carboxylic acids is 1. The minimum absolute atomic E-state index is 0.0434. The van der Waals surface area contributed by atoms with Crippen LogP contribution in [-0.2, 0) is 9.53 Å². The molecule has 20 heavy (non-hydrogen) atoms. The third-order valence-corrected chi connectivity index (χ3v) is 3.49. The zero-order chi connectivity index (χ0) is 15.7. The molecule has 118 valence electrons. The largest absolute Gasteiger partial charge is 0.481 e. The van der Waals surface area contributed by atoms with Gasteiger partial charge in [0.1, 0.15) is 0 Å². The molecule has 2 atom stereocenters. The Morgan fingerprint density at radius 1 is 1.15 bits per heavy atom. The number of amides is 2. The van der Waals surface area contributed by atoms with Crippen LogP contribution in [0.15, 0.2) is 0 Å². The molecule has 6 nitrogen and oxygen atoms in total. The first-order valence-electron chi connectivity index (χ1n) is 7.16. The van der Waals surface area contributed by atoms with E-state index in [0.29, 0.717) is 19.7 Å². The lowest BCUT2D eigenvalue weighted by atomic mass is 10.2. The molecular formula is C14H28N2O4. The number of hydrogen-bond acceptors (Lipinski definition) is 3. The van der Waals surface area contributed by atoms with Gasteiger partial charge in [0.15, 0.2) is 0 Å². The predicted molar refractivity (Wildman–Crippen MR) is 77.8 cm³/mol. The van der Waals surface area contributed by atoms with Crippen molar-refractivity contribution >= 4 is 12.0 Å². The minimum atomic E-state index is -0.893. The highest BCUT2D eigenvalue weighted by Gasteiger charge is 2.27.